The summed E-state index contributed by atoms with van der Waals surface area (Å²) >= 11 is 0. The molecule has 2 aliphatic heterocycles. The molecule has 2 aromatic carbocycles. The van der Waals surface area contributed by atoms with Crippen molar-refractivity contribution >= 4 is 22.5 Å². The van der Waals surface area contributed by atoms with E-state index >= 15 is 4.39 Å². The zero-order valence-corrected chi connectivity index (χ0v) is 20.7. The van der Waals surface area contributed by atoms with Crippen LogP contribution in [-0.4, -0.2) is 58.0 Å². The van der Waals surface area contributed by atoms with Gasteiger partial charge in [0.1, 0.15) is 29.0 Å². The third kappa shape index (κ3) is 4.23. The largest absolute Gasteiger partial charge is 0.391 e. The number of piperidine rings is 1. The van der Waals surface area contributed by atoms with Crippen LogP contribution < -0.4 is 15.5 Å². The van der Waals surface area contributed by atoms with E-state index in [0.29, 0.717) is 54.3 Å². The van der Waals surface area contributed by atoms with Gasteiger partial charge in [-0.25, -0.2) is 18.7 Å². The van der Waals surface area contributed by atoms with Gasteiger partial charge in [-0.2, -0.15) is 5.26 Å². The van der Waals surface area contributed by atoms with Crippen molar-refractivity contribution in [3.63, 3.8) is 0 Å². The van der Waals surface area contributed by atoms with Gasteiger partial charge in [-0.1, -0.05) is 0 Å². The van der Waals surface area contributed by atoms with E-state index < -0.39 is 17.7 Å². The molecule has 4 heterocycles. The zero-order valence-electron chi connectivity index (χ0n) is 20.7. The van der Waals surface area contributed by atoms with E-state index in [4.69, 9.17) is 10.7 Å². The molecule has 2 aliphatic rings. The number of nitrogens with zero attached hydrogens (tertiary/aromatic N) is 6. The average Bonchev–Trinajstić information content (AvgIpc) is 3.52. The smallest absolute Gasteiger partial charge is 0.167 e. The SMILES string of the molecule is N#Cc1ccc(-c2nc3c(N4CCC[C@@H](N)C4)ccnc3n2-c2ccc(N3CC[C@H](O)C3)cc2F)cc1F. The van der Waals surface area contributed by atoms with E-state index in [-0.39, 0.29) is 17.3 Å². The number of halogens is 2. The molecule has 4 aromatic rings. The third-order valence-electron chi connectivity index (χ3n) is 7.37. The molecule has 6 rings (SSSR count). The summed E-state index contributed by atoms with van der Waals surface area (Å²) in [7, 11) is 0. The molecule has 10 heteroatoms. The number of hydrogen-bond donors (Lipinski definition) is 2. The van der Waals surface area contributed by atoms with E-state index in [2.05, 4.69) is 9.88 Å². The van der Waals surface area contributed by atoms with Crippen molar-refractivity contribution in [2.75, 3.05) is 36.0 Å². The monoisotopic (exact) mass is 515 g/mol. The second-order valence-corrected chi connectivity index (χ2v) is 9.95. The Bertz CT molecular complexity index is 1560. The van der Waals surface area contributed by atoms with Crippen LogP contribution in [0.2, 0.25) is 0 Å². The highest BCUT2D eigenvalue weighted by atomic mass is 19.1. The summed E-state index contributed by atoms with van der Waals surface area (Å²) in [4.78, 5) is 13.5. The van der Waals surface area contributed by atoms with Gasteiger partial charge < -0.3 is 20.6 Å². The molecule has 2 saturated heterocycles. The van der Waals surface area contributed by atoms with Gasteiger partial charge in [0.15, 0.2) is 5.65 Å². The number of nitriles is 1. The lowest BCUT2D eigenvalue weighted by atomic mass is 10.1. The second kappa shape index (κ2) is 9.67. The number of benzene rings is 2. The van der Waals surface area contributed by atoms with Crippen LogP contribution in [0.1, 0.15) is 24.8 Å². The summed E-state index contributed by atoms with van der Waals surface area (Å²) in [6.45, 7) is 2.57. The molecular formula is C28H27F2N7O. The second-order valence-electron chi connectivity index (χ2n) is 9.95. The lowest BCUT2D eigenvalue weighted by molar-refractivity contribution is 0.198. The van der Waals surface area contributed by atoms with Crippen molar-refractivity contribution in [1.82, 2.24) is 14.5 Å². The van der Waals surface area contributed by atoms with Crippen molar-refractivity contribution in [3.05, 3.63) is 65.9 Å². The van der Waals surface area contributed by atoms with Crippen LogP contribution >= 0.6 is 0 Å². The number of hydrogen-bond acceptors (Lipinski definition) is 7. The molecule has 0 aliphatic carbocycles. The van der Waals surface area contributed by atoms with Gasteiger partial charge in [-0.15, -0.1) is 0 Å². The molecule has 2 atom stereocenters. The van der Waals surface area contributed by atoms with Crippen molar-refractivity contribution in [3.8, 4) is 23.1 Å². The highest BCUT2D eigenvalue weighted by Gasteiger charge is 2.26. The Morgan fingerprint density at radius 2 is 1.84 bits per heavy atom. The first-order valence-electron chi connectivity index (χ1n) is 12.7. The molecule has 0 amide bonds. The van der Waals surface area contributed by atoms with Crippen LogP contribution in [0.3, 0.4) is 0 Å². The van der Waals surface area contributed by atoms with Crippen molar-refractivity contribution in [2.24, 2.45) is 5.73 Å². The summed E-state index contributed by atoms with van der Waals surface area (Å²) < 4.78 is 32.1. The van der Waals surface area contributed by atoms with Gasteiger partial charge in [0.2, 0.25) is 0 Å². The fourth-order valence-electron chi connectivity index (χ4n) is 5.46. The first kappa shape index (κ1) is 24.3. The topological polar surface area (TPSA) is 107 Å². The standard InChI is InChI=1S/C28H27F2N7O/c29-22-12-17(3-4-18(22)14-31)27-34-26-25(36-10-1-2-19(32)15-36)7-9-33-28(26)37(27)24-6-5-20(13-23(24)30)35-11-8-21(38)16-35/h3-7,9,12-13,19,21,38H,1-2,8,10-11,15-16,32H2/t19-,21+/m1/s1. The number of fused-ring (bicyclic) bond motifs is 1. The molecule has 2 aromatic heterocycles. The predicted octanol–water partition coefficient (Wildman–Crippen LogP) is 3.74. The van der Waals surface area contributed by atoms with Gasteiger partial charge in [0, 0.05) is 49.7 Å². The molecule has 38 heavy (non-hydrogen) atoms. The highest BCUT2D eigenvalue weighted by molar-refractivity contribution is 5.90. The maximum atomic E-state index is 15.8. The third-order valence-corrected chi connectivity index (χ3v) is 7.37. The Morgan fingerprint density at radius 3 is 2.55 bits per heavy atom. The number of anilines is 2. The fraction of sp³-hybridized carbons (Fsp3) is 0.321. The van der Waals surface area contributed by atoms with Crippen LogP contribution in [0.5, 0.6) is 0 Å². The Labute approximate surface area is 218 Å². The van der Waals surface area contributed by atoms with Crippen LogP contribution in [-0.2, 0) is 0 Å². The van der Waals surface area contributed by atoms with Crippen molar-refractivity contribution in [2.45, 2.75) is 31.4 Å². The molecule has 0 bridgehead atoms. The summed E-state index contributed by atoms with van der Waals surface area (Å²) in [6.07, 6.45) is 3.76. The lowest BCUT2D eigenvalue weighted by Crippen LogP contribution is -2.42. The molecule has 2 fully saturated rings. The average molecular weight is 516 g/mol. The molecule has 194 valence electrons. The van der Waals surface area contributed by atoms with Crippen molar-refractivity contribution in [1.29, 1.82) is 5.26 Å². The summed E-state index contributed by atoms with van der Waals surface area (Å²) in [5, 5.41) is 19.1. The van der Waals surface area contributed by atoms with Crippen LogP contribution in [0, 0.1) is 23.0 Å². The maximum absolute atomic E-state index is 15.8. The maximum Gasteiger partial charge on any atom is 0.167 e. The van der Waals surface area contributed by atoms with Crippen LogP contribution in [0.25, 0.3) is 28.2 Å². The van der Waals surface area contributed by atoms with Gasteiger partial charge in [0.25, 0.3) is 0 Å². The van der Waals surface area contributed by atoms with Gasteiger partial charge in [-0.05, 0) is 61.7 Å². The number of imidazole rings is 1. The van der Waals surface area contributed by atoms with Crippen LogP contribution in [0.4, 0.5) is 20.2 Å². The van der Waals surface area contributed by atoms with E-state index in [1.54, 1.807) is 29.0 Å². The number of pyridine rings is 1. The van der Waals surface area contributed by atoms with Crippen LogP contribution in [0.15, 0.2) is 48.7 Å². The molecule has 0 spiro atoms. The van der Waals surface area contributed by atoms with Crippen molar-refractivity contribution < 1.29 is 13.9 Å². The number of aliphatic hydroxyl groups excluding tert-OH is 1. The first-order chi connectivity index (χ1) is 18.4. The molecular weight excluding hydrogens is 488 g/mol. The Hall–Kier alpha value is -4.07. The normalized spacial score (nSPS) is 19.8. The van der Waals surface area contributed by atoms with Gasteiger partial charge in [-0.3, -0.25) is 4.57 Å². The predicted molar refractivity (Wildman–Crippen MR) is 141 cm³/mol. The fourth-order valence-corrected chi connectivity index (χ4v) is 5.46. The Balaban J connectivity index is 1.54. The Kier molecular flexibility index (Phi) is 6.18. The number of nitrogens with two attached hydrogens (primary N) is 1. The number of rotatable bonds is 4. The molecule has 0 saturated carbocycles. The minimum absolute atomic E-state index is 0.0373. The van der Waals surface area contributed by atoms with Gasteiger partial charge >= 0.3 is 0 Å². The summed E-state index contributed by atoms with van der Waals surface area (Å²) in [5.41, 5.74) is 9.28. The zero-order chi connectivity index (χ0) is 26.4. The Morgan fingerprint density at radius 1 is 0.974 bits per heavy atom. The van der Waals surface area contributed by atoms with E-state index in [0.717, 1.165) is 25.1 Å². The molecule has 3 N–H and O–H groups in total. The highest BCUT2D eigenvalue weighted by Crippen LogP contribution is 2.35. The number of aliphatic hydroxyl groups is 1. The quantitative estimate of drug-likeness (QED) is 0.426. The van der Waals surface area contributed by atoms with E-state index in [1.165, 1.54) is 18.2 Å². The van der Waals surface area contributed by atoms with E-state index in [1.807, 2.05) is 17.0 Å². The van der Waals surface area contributed by atoms with Gasteiger partial charge in [0.05, 0.1) is 23.0 Å². The summed E-state index contributed by atoms with van der Waals surface area (Å²) in [6, 6.07) is 12.9. The molecule has 8 nitrogen and oxygen atoms in total. The number of aromatic nitrogens is 3. The first-order valence-corrected chi connectivity index (χ1v) is 12.7. The number of β-amino-alcohol motifs (C(OH)–C–C–N with tert-alkyl or cyclic N) is 1. The minimum atomic E-state index is -0.679. The summed E-state index contributed by atoms with van der Waals surface area (Å²) in [5.74, 6) is -0.860. The molecule has 0 radical (unpaired) electrons. The molecule has 0 unspecified atom stereocenters. The minimum Gasteiger partial charge on any atom is -0.391 e. The van der Waals surface area contributed by atoms with E-state index in [9.17, 15) is 14.8 Å². The lowest BCUT2D eigenvalue weighted by Gasteiger charge is -2.32.